The molecule has 2 aromatic rings. The lowest BCUT2D eigenvalue weighted by atomic mass is 10.1. The zero-order valence-electron chi connectivity index (χ0n) is 10.7. The summed E-state index contributed by atoms with van der Waals surface area (Å²) >= 11 is 5.14. The molecule has 3 nitrogen and oxygen atoms in total. The van der Waals surface area contributed by atoms with Crippen LogP contribution in [0.25, 0.3) is 10.2 Å². The van der Waals surface area contributed by atoms with Crippen molar-refractivity contribution in [2.45, 2.75) is 45.6 Å². The van der Waals surface area contributed by atoms with E-state index in [0.717, 1.165) is 19.8 Å². The Morgan fingerprint density at radius 3 is 3.00 bits per heavy atom. The molecule has 98 valence electrons. The summed E-state index contributed by atoms with van der Waals surface area (Å²) in [5.74, 6) is 0.950. The SMILES string of the molecule is CCCCCC(C)Nc1ncnc2sc(Br)cc12. The highest BCUT2D eigenvalue weighted by Gasteiger charge is 2.09. The molecule has 5 heteroatoms. The van der Waals surface area contributed by atoms with E-state index in [0.29, 0.717) is 6.04 Å². The van der Waals surface area contributed by atoms with Crippen molar-refractivity contribution in [3.63, 3.8) is 0 Å². The molecule has 0 aliphatic rings. The molecule has 2 rings (SSSR count). The van der Waals surface area contributed by atoms with Gasteiger partial charge in [0.15, 0.2) is 0 Å². The van der Waals surface area contributed by atoms with Gasteiger partial charge in [0.1, 0.15) is 17.0 Å². The van der Waals surface area contributed by atoms with Gasteiger partial charge in [-0.2, -0.15) is 0 Å². The smallest absolute Gasteiger partial charge is 0.138 e. The predicted octanol–water partition coefficient (Wildman–Crippen LogP) is 4.83. The van der Waals surface area contributed by atoms with Gasteiger partial charge in [-0.15, -0.1) is 11.3 Å². The number of halogens is 1. The number of nitrogens with zero attached hydrogens (tertiary/aromatic N) is 2. The minimum absolute atomic E-state index is 0.452. The van der Waals surface area contributed by atoms with E-state index >= 15 is 0 Å². The number of fused-ring (bicyclic) bond motifs is 1. The third-order valence-corrected chi connectivity index (χ3v) is 4.47. The molecule has 0 aliphatic carbocycles. The number of aromatic nitrogens is 2. The van der Waals surface area contributed by atoms with Crippen LogP contribution in [0.4, 0.5) is 5.82 Å². The Labute approximate surface area is 120 Å². The van der Waals surface area contributed by atoms with E-state index in [9.17, 15) is 0 Å². The molecule has 18 heavy (non-hydrogen) atoms. The van der Waals surface area contributed by atoms with Gasteiger partial charge in [-0.25, -0.2) is 9.97 Å². The first-order valence-electron chi connectivity index (χ1n) is 6.37. The van der Waals surface area contributed by atoms with E-state index in [4.69, 9.17) is 0 Å². The molecule has 1 atom stereocenters. The van der Waals surface area contributed by atoms with Gasteiger partial charge < -0.3 is 5.32 Å². The molecule has 0 radical (unpaired) electrons. The van der Waals surface area contributed by atoms with Crippen LogP contribution in [0.2, 0.25) is 0 Å². The lowest BCUT2D eigenvalue weighted by Gasteiger charge is -2.14. The minimum Gasteiger partial charge on any atom is -0.367 e. The lowest BCUT2D eigenvalue weighted by Crippen LogP contribution is -2.16. The Bertz CT molecular complexity index is 512. The van der Waals surface area contributed by atoms with Gasteiger partial charge in [0.25, 0.3) is 0 Å². The maximum Gasteiger partial charge on any atom is 0.138 e. The van der Waals surface area contributed by atoms with Crippen LogP contribution in [-0.2, 0) is 0 Å². The fourth-order valence-corrected chi connectivity index (χ4v) is 3.36. The molecule has 0 fully saturated rings. The van der Waals surface area contributed by atoms with E-state index in [1.54, 1.807) is 17.7 Å². The van der Waals surface area contributed by atoms with Crippen molar-refractivity contribution in [2.24, 2.45) is 0 Å². The highest BCUT2D eigenvalue weighted by Crippen LogP contribution is 2.31. The molecule has 0 spiro atoms. The van der Waals surface area contributed by atoms with Gasteiger partial charge in [0.2, 0.25) is 0 Å². The van der Waals surface area contributed by atoms with Crippen molar-refractivity contribution < 1.29 is 0 Å². The average Bonchev–Trinajstić information content (AvgIpc) is 2.71. The van der Waals surface area contributed by atoms with Crippen molar-refractivity contribution in [1.82, 2.24) is 9.97 Å². The summed E-state index contributed by atoms with van der Waals surface area (Å²) in [6.07, 6.45) is 6.65. The van der Waals surface area contributed by atoms with Gasteiger partial charge >= 0.3 is 0 Å². The van der Waals surface area contributed by atoms with Gasteiger partial charge in [-0.3, -0.25) is 0 Å². The van der Waals surface area contributed by atoms with Crippen molar-refractivity contribution in [3.05, 3.63) is 16.2 Å². The number of anilines is 1. The summed E-state index contributed by atoms with van der Waals surface area (Å²) in [5, 5.41) is 4.60. The number of hydrogen-bond donors (Lipinski definition) is 1. The largest absolute Gasteiger partial charge is 0.367 e. The number of nitrogens with one attached hydrogen (secondary N) is 1. The predicted molar refractivity (Wildman–Crippen MR) is 82.3 cm³/mol. The standard InChI is InChI=1S/C13H18BrN3S/c1-3-4-5-6-9(2)17-12-10-7-11(14)18-13(10)16-8-15-12/h7-9H,3-6H2,1-2H3,(H,15,16,17). The quantitative estimate of drug-likeness (QED) is 0.772. The third kappa shape index (κ3) is 3.42. The fourth-order valence-electron chi connectivity index (χ4n) is 1.95. The topological polar surface area (TPSA) is 37.8 Å². The first kappa shape index (κ1) is 13.7. The number of unbranched alkanes of at least 4 members (excludes halogenated alkanes) is 2. The molecule has 2 aromatic heterocycles. The van der Waals surface area contributed by atoms with E-state index in [1.165, 1.54) is 25.7 Å². The monoisotopic (exact) mass is 327 g/mol. The molecule has 0 aliphatic heterocycles. The molecule has 2 heterocycles. The van der Waals surface area contributed by atoms with Crippen LogP contribution in [0, 0.1) is 0 Å². The Balaban J connectivity index is 2.06. The van der Waals surface area contributed by atoms with Gasteiger partial charge in [-0.1, -0.05) is 26.2 Å². The molecule has 0 bridgehead atoms. The molecular weight excluding hydrogens is 310 g/mol. The van der Waals surface area contributed by atoms with Crippen molar-refractivity contribution in [3.8, 4) is 0 Å². The molecule has 1 N–H and O–H groups in total. The minimum atomic E-state index is 0.452. The summed E-state index contributed by atoms with van der Waals surface area (Å²) in [5.41, 5.74) is 0. The molecule has 0 aromatic carbocycles. The molecule has 0 amide bonds. The van der Waals surface area contributed by atoms with Crippen LogP contribution in [0.3, 0.4) is 0 Å². The third-order valence-electron chi connectivity index (χ3n) is 2.92. The summed E-state index contributed by atoms with van der Waals surface area (Å²) in [4.78, 5) is 9.66. The van der Waals surface area contributed by atoms with Crippen LogP contribution in [0.5, 0.6) is 0 Å². The van der Waals surface area contributed by atoms with Crippen LogP contribution < -0.4 is 5.32 Å². The average molecular weight is 328 g/mol. The zero-order valence-corrected chi connectivity index (χ0v) is 13.1. The lowest BCUT2D eigenvalue weighted by molar-refractivity contribution is 0.614. The fraction of sp³-hybridized carbons (Fsp3) is 0.538. The molecular formula is C13H18BrN3S. The molecule has 0 saturated carbocycles. The second-order valence-corrected chi connectivity index (χ2v) is 6.94. The first-order chi connectivity index (χ1) is 8.70. The first-order valence-corrected chi connectivity index (χ1v) is 7.98. The van der Waals surface area contributed by atoms with Crippen LogP contribution >= 0.6 is 27.3 Å². The van der Waals surface area contributed by atoms with Gasteiger partial charge in [0.05, 0.1) is 9.17 Å². The van der Waals surface area contributed by atoms with E-state index in [-0.39, 0.29) is 0 Å². The van der Waals surface area contributed by atoms with Crippen molar-refractivity contribution in [2.75, 3.05) is 5.32 Å². The Morgan fingerprint density at radius 1 is 1.39 bits per heavy atom. The number of thiophene rings is 1. The number of hydrogen-bond acceptors (Lipinski definition) is 4. The summed E-state index contributed by atoms with van der Waals surface area (Å²) in [6, 6.07) is 2.54. The molecule has 0 saturated heterocycles. The molecule has 1 unspecified atom stereocenters. The van der Waals surface area contributed by atoms with E-state index in [1.807, 2.05) is 0 Å². The van der Waals surface area contributed by atoms with Crippen LogP contribution in [0.1, 0.15) is 39.5 Å². The Hall–Kier alpha value is -0.680. The van der Waals surface area contributed by atoms with Gasteiger partial charge in [-0.05, 0) is 35.3 Å². The van der Waals surface area contributed by atoms with Crippen molar-refractivity contribution >= 4 is 43.3 Å². The van der Waals surface area contributed by atoms with Crippen LogP contribution in [-0.4, -0.2) is 16.0 Å². The van der Waals surface area contributed by atoms with Gasteiger partial charge in [0, 0.05) is 6.04 Å². The highest BCUT2D eigenvalue weighted by atomic mass is 79.9. The van der Waals surface area contributed by atoms with Crippen LogP contribution in [0.15, 0.2) is 16.2 Å². The van der Waals surface area contributed by atoms with Crippen molar-refractivity contribution in [1.29, 1.82) is 0 Å². The number of rotatable bonds is 6. The zero-order chi connectivity index (χ0) is 13.0. The van der Waals surface area contributed by atoms with E-state index < -0.39 is 0 Å². The Kier molecular flexibility index (Phi) is 4.95. The normalized spacial score (nSPS) is 12.8. The highest BCUT2D eigenvalue weighted by molar-refractivity contribution is 9.11. The maximum atomic E-state index is 4.35. The second-order valence-electron chi connectivity index (χ2n) is 4.53. The maximum absolute atomic E-state index is 4.35. The Morgan fingerprint density at radius 2 is 2.22 bits per heavy atom. The summed E-state index contributed by atoms with van der Waals surface area (Å²) in [7, 11) is 0. The summed E-state index contributed by atoms with van der Waals surface area (Å²) < 4.78 is 1.10. The second kappa shape index (κ2) is 6.48. The summed E-state index contributed by atoms with van der Waals surface area (Å²) in [6.45, 7) is 4.44. The van der Waals surface area contributed by atoms with E-state index in [2.05, 4.69) is 51.1 Å².